The van der Waals surface area contributed by atoms with Crippen LogP contribution in [0.1, 0.15) is 0 Å². The molecule has 9 aromatic rings. The van der Waals surface area contributed by atoms with Gasteiger partial charge in [0.25, 0.3) is 6.71 Å². The van der Waals surface area contributed by atoms with E-state index in [1.807, 2.05) is 48.5 Å². The molecule has 226 valence electrons. The van der Waals surface area contributed by atoms with E-state index in [1.54, 1.807) is 0 Å². The van der Waals surface area contributed by atoms with Crippen LogP contribution in [-0.4, -0.2) is 15.8 Å². The van der Waals surface area contributed by atoms with Crippen LogP contribution in [0.4, 0.5) is 0 Å². The molecule has 0 aliphatic carbocycles. The van der Waals surface area contributed by atoms with Crippen LogP contribution in [0.2, 0.25) is 0 Å². The van der Waals surface area contributed by atoms with Crippen LogP contribution in [0, 0.1) is 0 Å². The second kappa shape index (κ2) is 10.6. The number of nitrogens with zero attached hydrogens (tertiary/aromatic N) is 2. The molecule has 0 atom stereocenters. The van der Waals surface area contributed by atoms with E-state index in [2.05, 4.69) is 124 Å². The molecule has 0 amide bonds. The van der Waals surface area contributed by atoms with Crippen molar-refractivity contribution in [1.29, 1.82) is 0 Å². The average molecular weight is 619 g/mol. The van der Waals surface area contributed by atoms with E-state index in [0.717, 1.165) is 67.0 Å². The molecule has 0 fully saturated rings. The van der Waals surface area contributed by atoms with Crippen LogP contribution in [0.5, 0.6) is 11.5 Å². The molecule has 5 nitrogen and oxygen atoms in total. The molecule has 6 heteroatoms. The molecule has 0 N–H and O–H groups in total. The maximum Gasteiger partial charge on any atom is 0.250 e. The summed E-state index contributed by atoms with van der Waals surface area (Å²) in [5.41, 5.74) is 12.1. The van der Waals surface area contributed by atoms with Crippen molar-refractivity contribution < 1.29 is 13.6 Å². The van der Waals surface area contributed by atoms with Crippen molar-refractivity contribution in [3.8, 4) is 22.9 Å². The summed E-state index contributed by atoms with van der Waals surface area (Å²) < 4.78 is 24.6. The highest BCUT2D eigenvalue weighted by Crippen LogP contribution is 2.36. The van der Waals surface area contributed by atoms with Gasteiger partial charge in [0.05, 0.1) is 27.8 Å². The minimum Gasteiger partial charge on any atom is -0.458 e. The molecule has 3 heterocycles. The topological polar surface area (TPSA) is 45.4 Å². The van der Waals surface area contributed by atoms with Gasteiger partial charge in [-0.05, 0) is 71.6 Å². The summed E-state index contributed by atoms with van der Waals surface area (Å²) >= 11 is 0. The molecule has 0 bridgehead atoms. The number of hydrogen-bond acceptors (Lipinski definition) is 3. The number of fused-ring (bicyclic) bond motifs is 7. The summed E-state index contributed by atoms with van der Waals surface area (Å²) in [6.45, 7) is 0.0638. The molecular weight excluding hydrogens is 591 g/mol. The van der Waals surface area contributed by atoms with Crippen LogP contribution in [0.15, 0.2) is 173 Å². The standard InChI is InChI=1S/C42H27BN2O3/c1-3-13-28(14-4-1)43-31-17-7-10-20-37(31)46-40-27-30(23-24-32(40)43)45-34-19-9-12-22-39(34)48-42-36(45)26-25-35-41(42)47-38-21-11-8-18-33(38)44(35)29-15-5-2-6-16-29/h1-27H. The molecule has 1 aliphatic rings. The van der Waals surface area contributed by atoms with Gasteiger partial charge in [-0.2, -0.15) is 0 Å². The Morgan fingerprint density at radius 1 is 0.396 bits per heavy atom. The lowest BCUT2D eigenvalue weighted by Gasteiger charge is -2.27. The van der Waals surface area contributed by atoms with Crippen molar-refractivity contribution in [3.63, 3.8) is 0 Å². The van der Waals surface area contributed by atoms with Crippen molar-refractivity contribution in [2.45, 2.75) is 0 Å². The van der Waals surface area contributed by atoms with Gasteiger partial charge in [-0.15, -0.1) is 0 Å². The summed E-state index contributed by atoms with van der Waals surface area (Å²) in [6.07, 6.45) is 0. The van der Waals surface area contributed by atoms with E-state index in [-0.39, 0.29) is 6.71 Å². The van der Waals surface area contributed by atoms with E-state index in [4.69, 9.17) is 13.6 Å². The normalized spacial score (nSPS) is 12.3. The van der Waals surface area contributed by atoms with Crippen LogP contribution < -0.4 is 21.1 Å². The van der Waals surface area contributed by atoms with Crippen LogP contribution in [0.3, 0.4) is 0 Å². The zero-order valence-electron chi connectivity index (χ0n) is 25.8. The van der Waals surface area contributed by atoms with E-state index >= 15 is 0 Å². The molecule has 48 heavy (non-hydrogen) atoms. The molecule has 10 rings (SSSR count). The van der Waals surface area contributed by atoms with Crippen molar-refractivity contribution >= 4 is 67.5 Å². The summed E-state index contributed by atoms with van der Waals surface area (Å²) in [5.74, 6) is 1.71. The summed E-state index contributed by atoms with van der Waals surface area (Å²) in [4.78, 5) is 0. The Kier molecular flexibility index (Phi) is 5.90. The number of hydrogen-bond donors (Lipinski definition) is 0. The first-order valence-electron chi connectivity index (χ1n) is 16.1. The fraction of sp³-hybridized carbons (Fsp3) is 0. The van der Waals surface area contributed by atoms with Crippen LogP contribution in [0.25, 0.3) is 55.8 Å². The van der Waals surface area contributed by atoms with Gasteiger partial charge in [0.15, 0.2) is 22.3 Å². The Labute approximate surface area is 276 Å². The first-order chi connectivity index (χ1) is 23.8. The Morgan fingerprint density at radius 2 is 0.938 bits per heavy atom. The first-order valence-corrected chi connectivity index (χ1v) is 16.1. The zero-order valence-corrected chi connectivity index (χ0v) is 25.8. The summed E-state index contributed by atoms with van der Waals surface area (Å²) in [7, 11) is 0. The van der Waals surface area contributed by atoms with Gasteiger partial charge >= 0.3 is 0 Å². The smallest absolute Gasteiger partial charge is 0.250 e. The second-order valence-electron chi connectivity index (χ2n) is 12.1. The summed E-state index contributed by atoms with van der Waals surface area (Å²) in [6, 6.07) is 56.4. The van der Waals surface area contributed by atoms with Gasteiger partial charge in [-0.1, -0.05) is 103 Å². The van der Waals surface area contributed by atoms with Gasteiger partial charge in [0, 0.05) is 11.8 Å². The third-order valence-electron chi connectivity index (χ3n) is 9.35. The monoisotopic (exact) mass is 618 g/mol. The number of para-hydroxylation sites is 6. The predicted octanol–water partition coefficient (Wildman–Crippen LogP) is 8.81. The minimum atomic E-state index is 0.0638. The molecule has 0 saturated heterocycles. The number of benzene rings is 7. The highest BCUT2D eigenvalue weighted by Gasteiger charge is 2.32. The van der Waals surface area contributed by atoms with Crippen molar-refractivity contribution in [3.05, 3.63) is 164 Å². The first kappa shape index (κ1) is 26.8. The molecule has 1 aliphatic heterocycles. The fourth-order valence-electron chi connectivity index (χ4n) is 7.25. The van der Waals surface area contributed by atoms with Crippen molar-refractivity contribution in [1.82, 2.24) is 9.13 Å². The van der Waals surface area contributed by atoms with Gasteiger partial charge in [0.1, 0.15) is 11.5 Å². The fourth-order valence-corrected chi connectivity index (χ4v) is 7.25. The van der Waals surface area contributed by atoms with Gasteiger partial charge in [-0.25, -0.2) is 0 Å². The second-order valence-corrected chi connectivity index (χ2v) is 12.1. The lowest BCUT2D eigenvalue weighted by atomic mass is 9.36. The quantitative estimate of drug-likeness (QED) is 0.113. The Bertz CT molecular complexity index is 2720. The lowest BCUT2D eigenvalue weighted by molar-refractivity contribution is 0.487. The van der Waals surface area contributed by atoms with E-state index in [1.165, 1.54) is 5.46 Å². The highest BCUT2D eigenvalue weighted by atomic mass is 16.5. The van der Waals surface area contributed by atoms with Crippen LogP contribution in [-0.2, 0) is 0 Å². The van der Waals surface area contributed by atoms with E-state index in [9.17, 15) is 0 Å². The molecule has 0 radical (unpaired) electrons. The summed E-state index contributed by atoms with van der Waals surface area (Å²) in [5, 5.41) is 0. The number of ether oxygens (including phenoxy) is 1. The number of rotatable bonds is 3. The third kappa shape index (κ3) is 4.06. The number of aromatic nitrogens is 2. The SMILES string of the molecule is c1ccc(B2c3ccccc3Oc3cc(-n4c5ccccc5oc5c6oc7ccccc7n(-c7ccccc7)c6ccc54)ccc32)cc1. The van der Waals surface area contributed by atoms with Crippen molar-refractivity contribution in [2.75, 3.05) is 0 Å². The maximum absolute atomic E-state index is 6.74. The van der Waals surface area contributed by atoms with E-state index in [0.29, 0.717) is 11.2 Å². The van der Waals surface area contributed by atoms with Crippen molar-refractivity contribution in [2.24, 2.45) is 0 Å². The van der Waals surface area contributed by atoms with E-state index < -0.39 is 0 Å². The van der Waals surface area contributed by atoms with Gasteiger partial charge in [0.2, 0.25) is 0 Å². The molecular formula is C42H27BN2O3. The molecule has 2 aromatic heterocycles. The Hall–Kier alpha value is -6.40. The average Bonchev–Trinajstić information content (AvgIpc) is 3.15. The lowest BCUT2D eigenvalue weighted by Crippen LogP contribution is -2.54. The molecule has 7 aromatic carbocycles. The zero-order chi connectivity index (χ0) is 31.6. The Balaban J connectivity index is 1.26. The minimum absolute atomic E-state index is 0.0638. The maximum atomic E-state index is 6.74. The van der Waals surface area contributed by atoms with Gasteiger partial charge < -0.3 is 22.7 Å². The van der Waals surface area contributed by atoms with Crippen LogP contribution >= 0.6 is 0 Å². The molecule has 0 saturated carbocycles. The molecule has 0 spiro atoms. The third-order valence-corrected chi connectivity index (χ3v) is 9.35. The Morgan fingerprint density at radius 3 is 1.62 bits per heavy atom. The highest BCUT2D eigenvalue weighted by molar-refractivity contribution is 6.96. The predicted molar refractivity (Wildman–Crippen MR) is 195 cm³/mol. The largest absolute Gasteiger partial charge is 0.458 e. The molecule has 0 unspecified atom stereocenters. The van der Waals surface area contributed by atoms with Gasteiger partial charge in [-0.3, -0.25) is 0 Å².